The lowest BCUT2D eigenvalue weighted by molar-refractivity contribution is 0.256. The zero-order valence-corrected chi connectivity index (χ0v) is 16.0. The summed E-state index contributed by atoms with van der Waals surface area (Å²) in [5.41, 5.74) is 3.59. The highest BCUT2D eigenvalue weighted by Crippen LogP contribution is 2.29. The number of hydrogen-bond acceptors (Lipinski definition) is 4. The number of anilines is 1. The number of hydrogen-bond donors (Lipinski definition) is 1. The van der Waals surface area contributed by atoms with Gasteiger partial charge < -0.3 is 19.7 Å². The normalized spacial score (nSPS) is 13.9. The second kappa shape index (κ2) is 9.29. The first-order valence-corrected chi connectivity index (χ1v) is 9.82. The van der Waals surface area contributed by atoms with E-state index in [0.29, 0.717) is 13.2 Å². The van der Waals surface area contributed by atoms with Crippen LogP contribution in [0.2, 0.25) is 0 Å². The van der Waals surface area contributed by atoms with Crippen LogP contribution >= 0.6 is 0 Å². The maximum Gasteiger partial charge on any atom is 0.161 e. The summed E-state index contributed by atoms with van der Waals surface area (Å²) in [4.78, 5) is 2.42. The highest BCUT2D eigenvalue weighted by molar-refractivity contribution is 5.54. The van der Waals surface area contributed by atoms with E-state index in [-0.39, 0.29) is 0 Å². The lowest BCUT2D eigenvalue weighted by Gasteiger charge is -2.31. The minimum atomic E-state index is 0.520. The maximum absolute atomic E-state index is 6.18. The molecule has 0 saturated carbocycles. The van der Waals surface area contributed by atoms with E-state index in [4.69, 9.17) is 9.47 Å². The van der Waals surface area contributed by atoms with Crippen molar-refractivity contribution in [3.05, 3.63) is 90.0 Å². The fraction of sp³-hybridized carbons (Fsp3) is 0.250. The molecule has 4 rings (SSSR count). The fourth-order valence-electron chi connectivity index (χ4n) is 3.43. The molecule has 144 valence electrons. The first kappa shape index (κ1) is 18.4. The molecule has 1 aliphatic heterocycles. The van der Waals surface area contributed by atoms with Crippen LogP contribution in [0.5, 0.6) is 11.5 Å². The van der Waals surface area contributed by atoms with Gasteiger partial charge in [-0.15, -0.1) is 0 Å². The van der Waals surface area contributed by atoms with E-state index in [0.717, 1.165) is 43.2 Å². The Balaban J connectivity index is 1.44. The molecule has 4 heteroatoms. The van der Waals surface area contributed by atoms with Crippen molar-refractivity contribution in [3.8, 4) is 11.5 Å². The van der Waals surface area contributed by atoms with Gasteiger partial charge in [0.15, 0.2) is 11.5 Å². The lowest BCUT2D eigenvalue weighted by atomic mass is 10.1. The van der Waals surface area contributed by atoms with Crippen molar-refractivity contribution in [1.29, 1.82) is 0 Å². The summed E-state index contributed by atoms with van der Waals surface area (Å²) in [6.07, 6.45) is 0. The van der Waals surface area contributed by atoms with E-state index in [1.807, 2.05) is 42.5 Å². The van der Waals surface area contributed by atoms with Crippen molar-refractivity contribution in [1.82, 2.24) is 5.32 Å². The van der Waals surface area contributed by atoms with Crippen LogP contribution in [0.1, 0.15) is 11.1 Å². The third-order valence-corrected chi connectivity index (χ3v) is 4.92. The van der Waals surface area contributed by atoms with Crippen molar-refractivity contribution < 1.29 is 9.47 Å². The summed E-state index contributed by atoms with van der Waals surface area (Å²) >= 11 is 0. The molecule has 28 heavy (non-hydrogen) atoms. The third kappa shape index (κ3) is 4.65. The molecule has 1 aliphatic rings. The molecular weight excluding hydrogens is 348 g/mol. The summed E-state index contributed by atoms with van der Waals surface area (Å²) in [7, 11) is 0. The van der Waals surface area contributed by atoms with Gasteiger partial charge in [-0.2, -0.15) is 0 Å². The molecule has 3 aromatic rings. The topological polar surface area (TPSA) is 33.7 Å². The van der Waals surface area contributed by atoms with Crippen molar-refractivity contribution >= 4 is 5.69 Å². The molecule has 0 aliphatic carbocycles. The molecular formula is C24H26N2O2. The predicted octanol–water partition coefficient (Wildman–Crippen LogP) is 4.25. The maximum atomic E-state index is 6.18. The Bertz CT molecular complexity index is 877. The molecule has 0 amide bonds. The Morgan fingerprint density at radius 3 is 2.04 bits per heavy atom. The number of ether oxygens (including phenoxy) is 2. The van der Waals surface area contributed by atoms with E-state index in [9.17, 15) is 0 Å². The minimum Gasteiger partial charge on any atom is -0.485 e. The van der Waals surface area contributed by atoms with Gasteiger partial charge in [0.1, 0.15) is 13.2 Å². The molecule has 0 spiro atoms. The van der Waals surface area contributed by atoms with Crippen LogP contribution in [0.4, 0.5) is 5.69 Å². The van der Waals surface area contributed by atoms with Gasteiger partial charge in [0.2, 0.25) is 0 Å². The number of rotatable bonds is 7. The van der Waals surface area contributed by atoms with E-state index in [1.54, 1.807) is 0 Å². The Labute approximate surface area is 166 Å². The van der Waals surface area contributed by atoms with Crippen molar-refractivity contribution in [3.63, 3.8) is 0 Å². The number of para-hydroxylation sites is 3. The SMILES string of the molecule is c1ccc(COc2ccccc2OCc2ccccc2N2CCNCC2)cc1. The van der Waals surface area contributed by atoms with Gasteiger partial charge in [-0.1, -0.05) is 60.7 Å². The second-order valence-corrected chi connectivity index (χ2v) is 6.88. The zero-order valence-electron chi connectivity index (χ0n) is 16.0. The predicted molar refractivity (Wildman–Crippen MR) is 113 cm³/mol. The van der Waals surface area contributed by atoms with Crippen LogP contribution in [-0.2, 0) is 13.2 Å². The van der Waals surface area contributed by atoms with Crippen LogP contribution in [-0.4, -0.2) is 26.2 Å². The molecule has 0 bridgehead atoms. The van der Waals surface area contributed by atoms with Crippen molar-refractivity contribution in [2.45, 2.75) is 13.2 Å². The molecule has 4 nitrogen and oxygen atoms in total. The molecule has 1 fully saturated rings. The standard InChI is InChI=1S/C24H26N2O2/c1-2-8-20(9-3-1)18-27-23-12-6-7-13-24(23)28-19-21-10-4-5-11-22(21)26-16-14-25-15-17-26/h1-13,25H,14-19H2. The van der Waals surface area contributed by atoms with Crippen LogP contribution < -0.4 is 19.7 Å². The van der Waals surface area contributed by atoms with Gasteiger partial charge in [0.05, 0.1) is 0 Å². The first-order chi connectivity index (χ1) is 13.9. The Kier molecular flexibility index (Phi) is 6.10. The van der Waals surface area contributed by atoms with Crippen LogP contribution in [0.25, 0.3) is 0 Å². The number of nitrogens with zero attached hydrogens (tertiary/aromatic N) is 1. The van der Waals surface area contributed by atoms with Crippen LogP contribution in [0.15, 0.2) is 78.9 Å². The highest BCUT2D eigenvalue weighted by Gasteiger charge is 2.14. The molecule has 0 unspecified atom stereocenters. The van der Waals surface area contributed by atoms with E-state index in [1.165, 1.54) is 11.3 Å². The third-order valence-electron chi connectivity index (χ3n) is 4.92. The number of piperazine rings is 1. The minimum absolute atomic E-state index is 0.520. The first-order valence-electron chi connectivity index (χ1n) is 9.82. The molecule has 3 aromatic carbocycles. The van der Waals surface area contributed by atoms with E-state index < -0.39 is 0 Å². The smallest absolute Gasteiger partial charge is 0.161 e. The summed E-state index contributed by atoms with van der Waals surface area (Å²) in [5, 5.41) is 3.41. The zero-order chi connectivity index (χ0) is 19.0. The molecule has 0 aromatic heterocycles. The average Bonchev–Trinajstić information content (AvgIpc) is 2.78. The summed E-state index contributed by atoms with van der Waals surface area (Å²) < 4.78 is 12.2. The Morgan fingerprint density at radius 1 is 0.679 bits per heavy atom. The summed E-state index contributed by atoms with van der Waals surface area (Å²) in [6, 6.07) is 26.6. The summed E-state index contributed by atoms with van der Waals surface area (Å²) in [5.74, 6) is 1.54. The van der Waals surface area contributed by atoms with Gasteiger partial charge in [-0.25, -0.2) is 0 Å². The number of nitrogens with one attached hydrogen (secondary N) is 1. The monoisotopic (exact) mass is 374 g/mol. The largest absolute Gasteiger partial charge is 0.485 e. The Morgan fingerprint density at radius 2 is 1.29 bits per heavy atom. The van der Waals surface area contributed by atoms with E-state index in [2.05, 4.69) is 46.6 Å². The van der Waals surface area contributed by atoms with Crippen LogP contribution in [0.3, 0.4) is 0 Å². The molecule has 1 N–H and O–H groups in total. The van der Waals surface area contributed by atoms with Crippen molar-refractivity contribution in [2.75, 3.05) is 31.1 Å². The van der Waals surface area contributed by atoms with Gasteiger partial charge in [0.25, 0.3) is 0 Å². The molecule has 0 radical (unpaired) electrons. The van der Waals surface area contributed by atoms with Crippen LogP contribution in [0, 0.1) is 0 Å². The highest BCUT2D eigenvalue weighted by atomic mass is 16.5. The van der Waals surface area contributed by atoms with Gasteiger partial charge in [0, 0.05) is 37.4 Å². The molecule has 1 saturated heterocycles. The lowest BCUT2D eigenvalue weighted by Crippen LogP contribution is -2.43. The van der Waals surface area contributed by atoms with E-state index >= 15 is 0 Å². The molecule has 1 heterocycles. The second-order valence-electron chi connectivity index (χ2n) is 6.88. The average molecular weight is 374 g/mol. The number of benzene rings is 3. The van der Waals surface area contributed by atoms with Gasteiger partial charge in [-0.05, 0) is 23.8 Å². The van der Waals surface area contributed by atoms with Gasteiger partial charge >= 0.3 is 0 Å². The van der Waals surface area contributed by atoms with Gasteiger partial charge in [-0.3, -0.25) is 0 Å². The quantitative estimate of drug-likeness (QED) is 0.670. The summed E-state index contributed by atoms with van der Waals surface area (Å²) in [6.45, 7) is 5.13. The molecule has 0 atom stereocenters. The fourth-order valence-corrected chi connectivity index (χ4v) is 3.43. The van der Waals surface area contributed by atoms with Crippen molar-refractivity contribution in [2.24, 2.45) is 0 Å². The Hall–Kier alpha value is -2.98.